The van der Waals surface area contributed by atoms with Gasteiger partial charge in [-0.25, -0.2) is 4.52 Å². The van der Waals surface area contributed by atoms with Gasteiger partial charge in [0.15, 0.2) is 0 Å². The predicted molar refractivity (Wildman–Crippen MR) is 75.7 cm³/mol. The fraction of sp³-hybridized carbons (Fsp3) is 0.400. The Bertz CT molecular complexity index is 527. The van der Waals surface area contributed by atoms with Gasteiger partial charge in [-0.15, -0.1) is 0 Å². The van der Waals surface area contributed by atoms with Crippen LogP contribution in [0.4, 0.5) is 0 Å². The van der Waals surface area contributed by atoms with E-state index in [1.807, 2.05) is 23.0 Å². The first-order chi connectivity index (χ1) is 8.76. The minimum Gasteiger partial charge on any atom is -0.310 e. The standard InChI is InChI=1S/C15H21N3/c1-4-12(3)10-14(16-5-2)13-11-17-18-9-7-6-8-15(13)18/h6-9,11,14,16H,3-5,10H2,1-2H3. The van der Waals surface area contributed by atoms with Crippen molar-refractivity contribution in [3.63, 3.8) is 0 Å². The zero-order valence-electron chi connectivity index (χ0n) is 11.2. The first-order valence-electron chi connectivity index (χ1n) is 6.58. The second-order valence-electron chi connectivity index (χ2n) is 4.55. The van der Waals surface area contributed by atoms with Crippen molar-refractivity contribution >= 4 is 5.52 Å². The second-order valence-corrected chi connectivity index (χ2v) is 4.55. The smallest absolute Gasteiger partial charge is 0.0709 e. The highest BCUT2D eigenvalue weighted by Crippen LogP contribution is 2.25. The molecule has 18 heavy (non-hydrogen) atoms. The summed E-state index contributed by atoms with van der Waals surface area (Å²) in [5, 5.41) is 7.93. The van der Waals surface area contributed by atoms with Crippen molar-refractivity contribution in [3.8, 4) is 0 Å². The highest BCUT2D eigenvalue weighted by molar-refractivity contribution is 5.55. The van der Waals surface area contributed by atoms with E-state index >= 15 is 0 Å². The van der Waals surface area contributed by atoms with E-state index in [2.05, 4.69) is 43.0 Å². The third-order valence-corrected chi connectivity index (χ3v) is 3.28. The van der Waals surface area contributed by atoms with E-state index in [1.165, 1.54) is 16.7 Å². The van der Waals surface area contributed by atoms with Crippen LogP contribution < -0.4 is 5.32 Å². The largest absolute Gasteiger partial charge is 0.310 e. The molecule has 0 aliphatic heterocycles. The number of hydrogen-bond donors (Lipinski definition) is 1. The molecule has 2 aromatic heterocycles. The SMILES string of the molecule is C=C(CC)CC(NCC)c1cnn2ccccc12. The molecular formula is C15H21N3. The van der Waals surface area contributed by atoms with Crippen LogP contribution >= 0.6 is 0 Å². The molecule has 1 unspecified atom stereocenters. The minimum absolute atomic E-state index is 0.308. The molecule has 0 saturated heterocycles. The molecule has 3 heteroatoms. The van der Waals surface area contributed by atoms with Gasteiger partial charge >= 0.3 is 0 Å². The first kappa shape index (κ1) is 12.8. The number of hydrogen-bond acceptors (Lipinski definition) is 2. The monoisotopic (exact) mass is 243 g/mol. The summed E-state index contributed by atoms with van der Waals surface area (Å²) in [6, 6.07) is 6.47. The molecular weight excluding hydrogens is 222 g/mol. The van der Waals surface area contributed by atoms with Crippen molar-refractivity contribution < 1.29 is 0 Å². The molecule has 0 fully saturated rings. The topological polar surface area (TPSA) is 29.3 Å². The van der Waals surface area contributed by atoms with Crippen molar-refractivity contribution in [2.45, 2.75) is 32.7 Å². The lowest BCUT2D eigenvalue weighted by Gasteiger charge is -2.18. The fourth-order valence-corrected chi connectivity index (χ4v) is 2.19. The van der Waals surface area contributed by atoms with Crippen LogP contribution in [0.25, 0.3) is 5.52 Å². The van der Waals surface area contributed by atoms with Gasteiger partial charge in [-0.3, -0.25) is 0 Å². The van der Waals surface area contributed by atoms with E-state index in [0.29, 0.717) is 6.04 Å². The summed E-state index contributed by atoms with van der Waals surface area (Å²) < 4.78 is 1.92. The van der Waals surface area contributed by atoms with Gasteiger partial charge in [-0.05, 0) is 31.5 Å². The lowest BCUT2D eigenvalue weighted by Crippen LogP contribution is -2.21. The van der Waals surface area contributed by atoms with Crippen molar-refractivity contribution in [3.05, 3.63) is 48.3 Å². The average molecular weight is 243 g/mol. The molecule has 0 radical (unpaired) electrons. The quantitative estimate of drug-likeness (QED) is 0.788. The number of rotatable bonds is 6. The first-order valence-corrected chi connectivity index (χ1v) is 6.58. The Morgan fingerprint density at radius 1 is 1.44 bits per heavy atom. The molecule has 2 aromatic rings. The van der Waals surface area contributed by atoms with Crippen LogP contribution in [-0.2, 0) is 0 Å². The zero-order valence-corrected chi connectivity index (χ0v) is 11.2. The van der Waals surface area contributed by atoms with Crippen LogP contribution in [0, 0.1) is 0 Å². The van der Waals surface area contributed by atoms with Crippen molar-refractivity contribution in [1.29, 1.82) is 0 Å². The summed E-state index contributed by atoms with van der Waals surface area (Å²) in [4.78, 5) is 0. The van der Waals surface area contributed by atoms with E-state index in [0.717, 1.165) is 19.4 Å². The van der Waals surface area contributed by atoms with Crippen LogP contribution in [-0.4, -0.2) is 16.2 Å². The maximum atomic E-state index is 4.40. The van der Waals surface area contributed by atoms with E-state index in [4.69, 9.17) is 0 Å². The Balaban J connectivity index is 2.32. The van der Waals surface area contributed by atoms with Gasteiger partial charge < -0.3 is 5.32 Å². The Morgan fingerprint density at radius 2 is 2.28 bits per heavy atom. The fourth-order valence-electron chi connectivity index (χ4n) is 2.19. The highest BCUT2D eigenvalue weighted by Gasteiger charge is 2.15. The number of nitrogens with one attached hydrogen (secondary N) is 1. The maximum absolute atomic E-state index is 4.40. The minimum atomic E-state index is 0.308. The summed E-state index contributed by atoms with van der Waals surface area (Å²) in [6.45, 7) is 9.35. The van der Waals surface area contributed by atoms with Crippen molar-refractivity contribution in [2.24, 2.45) is 0 Å². The van der Waals surface area contributed by atoms with Gasteiger partial charge in [-0.2, -0.15) is 5.10 Å². The molecule has 1 N–H and O–H groups in total. The van der Waals surface area contributed by atoms with Crippen LogP contribution in [0.1, 0.15) is 38.3 Å². The summed E-state index contributed by atoms with van der Waals surface area (Å²) in [5.74, 6) is 0. The third-order valence-electron chi connectivity index (χ3n) is 3.28. The van der Waals surface area contributed by atoms with E-state index in [-0.39, 0.29) is 0 Å². The predicted octanol–water partition coefficient (Wildman–Crippen LogP) is 3.34. The lowest BCUT2D eigenvalue weighted by molar-refractivity contribution is 0.546. The summed E-state index contributed by atoms with van der Waals surface area (Å²) in [5.41, 5.74) is 3.70. The summed E-state index contributed by atoms with van der Waals surface area (Å²) in [7, 11) is 0. The number of nitrogens with zero attached hydrogens (tertiary/aromatic N) is 2. The third kappa shape index (κ3) is 2.62. The van der Waals surface area contributed by atoms with Gasteiger partial charge in [0.05, 0.1) is 11.7 Å². The molecule has 96 valence electrons. The molecule has 0 amide bonds. The highest BCUT2D eigenvalue weighted by atomic mass is 15.2. The summed E-state index contributed by atoms with van der Waals surface area (Å²) in [6.07, 6.45) is 5.95. The normalized spacial score (nSPS) is 12.8. The van der Waals surface area contributed by atoms with E-state index in [1.54, 1.807) is 0 Å². The van der Waals surface area contributed by atoms with E-state index in [9.17, 15) is 0 Å². The molecule has 3 nitrogen and oxygen atoms in total. The number of aromatic nitrogens is 2. The second kappa shape index (κ2) is 5.83. The van der Waals surface area contributed by atoms with Crippen LogP contribution in [0.2, 0.25) is 0 Å². The average Bonchev–Trinajstić information content (AvgIpc) is 2.82. The summed E-state index contributed by atoms with van der Waals surface area (Å²) >= 11 is 0. The molecule has 1 atom stereocenters. The van der Waals surface area contributed by atoms with Gasteiger partial charge in [0.25, 0.3) is 0 Å². The maximum Gasteiger partial charge on any atom is 0.0709 e. The number of fused-ring (bicyclic) bond motifs is 1. The molecule has 0 saturated carbocycles. The van der Waals surface area contributed by atoms with Crippen LogP contribution in [0.15, 0.2) is 42.7 Å². The lowest BCUT2D eigenvalue weighted by atomic mass is 9.99. The Morgan fingerprint density at radius 3 is 3.00 bits per heavy atom. The van der Waals surface area contributed by atoms with Crippen molar-refractivity contribution in [2.75, 3.05) is 6.54 Å². The molecule has 0 aromatic carbocycles. The molecule has 0 bridgehead atoms. The molecule has 2 rings (SSSR count). The van der Waals surface area contributed by atoms with Crippen molar-refractivity contribution in [1.82, 2.24) is 14.9 Å². The Hall–Kier alpha value is -1.61. The van der Waals surface area contributed by atoms with E-state index < -0.39 is 0 Å². The van der Waals surface area contributed by atoms with Gasteiger partial charge in [-0.1, -0.05) is 32.1 Å². The Kier molecular flexibility index (Phi) is 4.15. The molecule has 0 aliphatic rings. The van der Waals surface area contributed by atoms with Crippen LogP contribution in [0.5, 0.6) is 0 Å². The molecule has 2 heterocycles. The van der Waals surface area contributed by atoms with Gasteiger partial charge in [0.1, 0.15) is 0 Å². The van der Waals surface area contributed by atoms with Gasteiger partial charge in [0.2, 0.25) is 0 Å². The number of pyridine rings is 1. The Labute approximate surface area is 109 Å². The van der Waals surface area contributed by atoms with Gasteiger partial charge in [0, 0.05) is 17.8 Å². The zero-order chi connectivity index (χ0) is 13.0. The molecule has 0 aliphatic carbocycles. The van der Waals surface area contributed by atoms with Crippen LogP contribution in [0.3, 0.4) is 0 Å². The molecule has 0 spiro atoms.